The number of fused-ring (bicyclic) bond motifs is 1. The second kappa shape index (κ2) is 5.69. The number of carboxylic acids is 1. The summed E-state index contributed by atoms with van der Waals surface area (Å²) in [7, 11) is 0. The Morgan fingerprint density at radius 3 is 3.00 bits per heavy atom. The summed E-state index contributed by atoms with van der Waals surface area (Å²) in [4.78, 5) is 12.8. The van der Waals surface area contributed by atoms with Gasteiger partial charge in [0, 0.05) is 23.6 Å². The van der Waals surface area contributed by atoms with Gasteiger partial charge in [-0.2, -0.15) is 0 Å². The van der Waals surface area contributed by atoms with E-state index in [-0.39, 0.29) is 0 Å². The summed E-state index contributed by atoms with van der Waals surface area (Å²) in [5.41, 5.74) is 1.91. The summed E-state index contributed by atoms with van der Waals surface area (Å²) in [6, 6.07) is 5.80. The SMILES string of the molecule is O=C(O)/C=C/c1ccc(N2CCn3cnnc3C2)c(Br)c1. The van der Waals surface area contributed by atoms with Crippen LogP contribution in [0.3, 0.4) is 0 Å². The van der Waals surface area contributed by atoms with Gasteiger partial charge >= 0.3 is 5.97 Å². The number of aromatic nitrogens is 3. The third-order valence-electron chi connectivity index (χ3n) is 3.37. The molecule has 7 heteroatoms. The van der Waals surface area contributed by atoms with Crippen LogP contribution in [-0.2, 0) is 17.9 Å². The Bertz CT molecular complexity index is 711. The number of nitrogens with zero attached hydrogens (tertiary/aromatic N) is 4. The molecule has 0 aliphatic carbocycles. The van der Waals surface area contributed by atoms with Crippen molar-refractivity contribution in [3.63, 3.8) is 0 Å². The number of benzene rings is 1. The minimum atomic E-state index is -0.953. The minimum absolute atomic E-state index is 0.711. The van der Waals surface area contributed by atoms with Crippen molar-refractivity contribution in [2.45, 2.75) is 13.1 Å². The highest BCUT2D eigenvalue weighted by molar-refractivity contribution is 9.10. The van der Waals surface area contributed by atoms with Crippen LogP contribution in [0.2, 0.25) is 0 Å². The van der Waals surface area contributed by atoms with Gasteiger partial charge < -0.3 is 14.6 Å². The van der Waals surface area contributed by atoms with Gasteiger partial charge in [-0.05, 0) is 39.7 Å². The first-order chi connectivity index (χ1) is 10.1. The van der Waals surface area contributed by atoms with Gasteiger partial charge in [0.1, 0.15) is 6.33 Å². The summed E-state index contributed by atoms with van der Waals surface area (Å²) in [5.74, 6) is -0.00596. The van der Waals surface area contributed by atoms with Gasteiger partial charge in [-0.25, -0.2) is 4.79 Å². The predicted molar refractivity (Wildman–Crippen MR) is 81.9 cm³/mol. The third-order valence-corrected chi connectivity index (χ3v) is 4.00. The van der Waals surface area contributed by atoms with Crippen LogP contribution in [0.15, 0.2) is 35.1 Å². The quantitative estimate of drug-likeness (QED) is 0.860. The Balaban J connectivity index is 1.82. The summed E-state index contributed by atoms with van der Waals surface area (Å²) in [5, 5.41) is 16.7. The van der Waals surface area contributed by atoms with Crippen LogP contribution in [0.5, 0.6) is 0 Å². The number of halogens is 1. The van der Waals surface area contributed by atoms with E-state index in [0.717, 1.165) is 40.7 Å². The highest BCUT2D eigenvalue weighted by Crippen LogP contribution is 2.30. The maximum Gasteiger partial charge on any atom is 0.328 e. The zero-order valence-corrected chi connectivity index (χ0v) is 12.7. The van der Waals surface area contributed by atoms with Crippen LogP contribution < -0.4 is 4.90 Å². The molecule has 0 unspecified atom stereocenters. The highest BCUT2D eigenvalue weighted by Gasteiger charge is 2.19. The molecule has 0 atom stereocenters. The van der Waals surface area contributed by atoms with Crippen LogP contribution in [0, 0.1) is 0 Å². The number of aliphatic carboxylic acids is 1. The summed E-state index contributed by atoms with van der Waals surface area (Å²) in [6.45, 7) is 2.45. The molecule has 0 bridgehead atoms. The van der Waals surface area contributed by atoms with Crippen LogP contribution in [-0.4, -0.2) is 32.4 Å². The number of carboxylic acid groups (broad SMARTS) is 1. The van der Waals surface area contributed by atoms with E-state index in [2.05, 4.69) is 31.0 Å². The topological polar surface area (TPSA) is 71.2 Å². The first-order valence-corrected chi connectivity index (χ1v) is 7.25. The Kier molecular flexibility index (Phi) is 3.74. The van der Waals surface area contributed by atoms with Crippen molar-refractivity contribution in [3.05, 3.63) is 46.5 Å². The molecule has 0 radical (unpaired) electrons. The Morgan fingerprint density at radius 2 is 2.24 bits per heavy atom. The summed E-state index contributed by atoms with van der Waals surface area (Å²) < 4.78 is 2.98. The lowest BCUT2D eigenvalue weighted by Crippen LogP contribution is -2.33. The number of anilines is 1. The van der Waals surface area contributed by atoms with Crippen molar-refractivity contribution in [2.24, 2.45) is 0 Å². The van der Waals surface area contributed by atoms with Crippen LogP contribution in [0.25, 0.3) is 6.08 Å². The van der Waals surface area contributed by atoms with Crippen LogP contribution in [0.1, 0.15) is 11.4 Å². The third kappa shape index (κ3) is 2.97. The van der Waals surface area contributed by atoms with E-state index in [1.54, 1.807) is 12.4 Å². The Morgan fingerprint density at radius 1 is 1.38 bits per heavy atom. The molecule has 1 aliphatic heterocycles. The molecule has 1 aromatic carbocycles. The van der Waals surface area contributed by atoms with Crippen molar-refractivity contribution in [3.8, 4) is 0 Å². The second-order valence-electron chi connectivity index (χ2n) is 4.74. The van der Waals surface area contributed by atoms with Gasteiger partial charge in [0.2, 0.25) is 0 Å². The zero-order valence-electron chi connectivity index (χ0n) is 11.1. The molecule has 0 saturated heterocycles. The second-order valence-corrected chi connectivity index (χ2v) is 5.60. The van der Waals surface area contributed by atoms with Gasteiger partial charge in [0.15, 0.2) is 5.82 Å². The first-order valence-electron chi connectivity index (χ1n) is 6.45. The molecule has 1 aromatic heterocycles. The maximum absolute atomic E-state index is 10.5. The molecular weight excluding hydrogens is 336 g/mol. The fourth-order valence-electron chi connectivity index (χ4n) is 2.32. The monoisotopic (exact) mass is 348 g/mol. The average Bonchev–Trinajstić information content (AvgIpc) is 2.92. The molecule has 0 saturated carbocycles. The summed E-state index contributed by atoms with van der Waals surface area (Å²) >= 11 is 3.55. The van der Waals surface area contributed by atoms with Crippen LogP contribution in [0.4, 0.5) is 5.69 Å². The first kappa shape index (κ1) is 13.8. The zero-order chi connectivity index (χ0) is 14.8. The molecule has 2 heterocycles. The molecule has 2 aromatic rings. The number of hydrogen-bond acceptors (Lipinski definition) is 4. The van der Waals surface area contributed by atoms with Crippen molar-refractivity contribution >= 4 is 33.7 Å². The smallest absolute Gasteiger partial charge is 0.328 e. The molecule has 1 N–H and O–H groups in total. The Labute approximate surface area is 129 Å². The van der Waals surface area contributed by atoms with E-state index in [0.29, 0.717) is 6.54 Å². The standard InChI is InChI=1S/C14H13BrN4O2/c15-11-7-10(2-4-14(20)21)1-3-12(11)18-5-6-19-9-16-17-13(19)8-18/h1-4,7,9H,5-6,8H2,(H,20,21)/b4-2+. The normalized spacial score (nSPS) is 14.4. The van der Waals surface area contributed by atoms with E-state index in [4.69, 9.17) is 5.11 Å². The van der Waals surface area contributed by atoms with E-state index in [9.17, 15) is 4.79 Å². The predicted octanol–water partition coefficient (Wildman–Crippen LogP) is 2.16. The molecule has 21 heavy (non-hydrogen) atoms. The summed E-state index contributed by atoms with van der Waals surface area (Å²) in [6.07, 6.45) is 4.45. The average molecular weight is 349 g/mol. The highest BCUT2D eigenvalue weighted by atomic mass is 79.9. The molecule has 108 valence electrons. The van der Waals surface area contributed by atoms with Crippen LogP contribution >= 0.6 is 15.9 Å². The van der Waals surface area contributed by atoms with Crippen molar-refractivity contribution in [1.82, 2.24) is 14.8 Å². The lowest BCUT2D eigenvalue weighted by Gasteiger charge is -2.29. The van der Waals surface area contributed by atoms with Crippen molar-refractivity contribution in [2.75, 3.05) is 11.4 Å². The van der Waals surface area contributed by atoms with Crippen molar-refractivity contribution in [1.29, 1.82) is 0 Å². The number of rotatable bonds is 3. The van der Waals surface area contributed by atoms with Gasteiger partial charge in [0.25, 0.3) is 0 Å². The molecule has 0 amide bonds. The lowest BCUT2D eigenvalue weighted by molar-refractivity contribution is -0.131. The molecule has 1 aliphatic rings. The van der Waals surface area contributed by atoms with Gasteiger partial charge in [0.05, 0.1) is 12.2 Å². The van der Waals surface area contributed by atoms with E-state index >= 15 is 0 Å². The number of hydrogen-bond donors (Lipinski definition) is 1. The fraction of sp³-hybridized carbons (Fsp3) is 0.214. The van der Waals surface area contributed by atoms with E-state index in [1.807, 2.05) is 22.8 Å². The van der Waals surface area contributed by atoms with E-state index in [1.165, 1.54) is 0 Å². The van der Waals surface area contributed by atoms with E-state index < -0.39 is 5.97 Å². The van der Waals surface area contributed by atoms with Crippen molar-refractivity contribution < 1.29 is 9.90 Å². The van der Waals surface area contributed by atoms with Gasteiger partial charge in [-0.1, -0.05) is 6.07 Å². The largest absolute Gasteiger partial charge is 0.478 e. The fourth-order valence-corrected chi connectivity index (χ4v) is 2.97. The Hall–Kier alpha value is -2.15. The van der Waals surface area contributed by atoms with Gasteiger partial charge in [-0.15, -0.1) is 10.2 Å². The maximum atomic E-state index is 10.5. The molecular formula is C14H13BrN4O2. The lowest BCUT2D eigenvalue weighted by atomic mass is 10.1. The minimum Gasteiger partial charge on any atom is -0.478 e. The molecule has 6 nitrogen and oxygen atoms in total. The van der Waals surface area contributed by atoms with Gasteiger partial charge in [-0.3, -0.25) is 0 Å². The number of carbonyl (C=O) groups is 1. The molecule has 0 spiro atoms. The molecule has 0 fully saturated rings. The molecule has 3 rings (SSSR count).